The van der Waals surface area contributed by atoms with Gasteiger partial charge in [0.1, 0.15) is 5.58 Å². The molecule has 4 nitrogen and oxygen atoms in total. The standard InChI is InChI=1S/C63H54BN3O/c1-40(2)48-23-16-24-50-51-25-17-27-57(62(51)68-61(48)50)65(45-20-12-9-13-21-45)47-38-58-60-59(39-47)67(54-26-15-14-22-49(54)43-18-10-8-11-19-43)56-35-31-44(63(5,6)7)37-53(56)64(60)52-36-42(4)30-34-55(52)66(58)46-32-28-41(3)29-33-46/h8-40H,1-7H3. The average molecular weight is 880 g/mol. The lowest BCUT2D eigenvalue weighted by Crippen LogP contribution is -2.61. The van der Waals surface area contributed by atoms with E-state index >= 15 is 0 Å². The molecule has 9 aromatic carbocycles. The van der Waals surface area contributed by atoms with Crippen LogP contribution in [0.2, 0.25) is 0 Å². The molecule has 5 heteroatoms. The number of para-hydroxylation sites is 4. The highest BCUT2D eigenvalue weighted by Gasteiger charge is 2.45. The van der Waals surface area contributed by atoms with Crippen LogP contribution in [0.15, 0.2) is 199 Å². The summed E-state index contributed by atoms with van der Waals surface area (Å²) in [4.78, 5) is 7.51. The van der Waals surface area contributed by atoms with E-state index in [1.807, 2.05) is 0 Å². The van der Waals surface area contributed by atoms with Gasteiger partial charge in [0.25, 0.3) is 6.71 Å². The van der Waals surface area contributed by atoms with E-state index in [4.69, 9.17) is 4.42 Å². The van der Waals surface area contributed by atoms with Crippen molar-refractivity contribution in [2.45, 2.75) is 59.8 Å². The third-order valence-corrected chi connectivity index (χ3v) is 14.3. The second-order valence-corrected chi connectivity index (χ2v) is 20.1. The van der Waals surface area contributed by atoms with Crippen LogP contribution < -0.4 is 31.1 Å². The van der Waals surface area contributed by atoms with E-state index in [1.165, 1.54) is 61.1 Å². The van der Waals surface area contributed by atoms with Crippen molar-refractivity contribution >= 4 is 96.2 Å². The number of fused-ring (bicyclic) bond motifs is 7. The molecule has 0 aliphatic carbocycles. The lowest BCUT2D eigenvalue weighted by atomic mass is 9.33. The summed E-state index contributed by atoms with van der Waals surface area (Å²) < 4.78 is 7.13. The van der Waals surface area contributed by atoms with Crippen molar-refractivity contribution in [3.8, 4) is 11.1 Å². The fraction of sp³-hybridized carbons (Fsp3) is 0.143. The minimum atomic E-state index is -0.0589. The zero-order chi connectivity index (χ0) is 46.4. The highest BCUT2D eigenvalue weighted by Crippen LogP contribution is 2.51. The van der Waals surface area contributed by atoms with E-state index in [9.17, 15) is 0 Å². The van der Waals surface area contributed by atoms with Crippen LogP contribution in [-0.4, -0.2) is 6.71 Å². The van der Waals surface area contributed by atoms with Crippen LogP contribution in [-0.2, 0) is 5.41 Å². The number of benzene rings is 9. The molecule has 330 valence electrons. The molecular weight excluding hydrogens is 826 g/mol. The van der Waals surface area contributed by atoms with Crippen molar-refractivity contribution in [3.05, 3.63) is 216 Å². The summed E-state index contributed by atoms with van der Waals surface area (Å²) in [5.41, 5.74) is 23.0. The predicted molar refractivity (Wildman–Crippen MR) is 290 cm³/mol. The predicted octanol–water partition coefficient (Wildman–Crippen LogP) is 15.8. The highest BCUT2D eigenvalue weighted by atomic mass is 16.3. The lowest BCUT2D eigenvalue weighted by Gasteiger charge is -2.45. The molecule has 10 aromatic rings. The Morgan fingerprint density at radius 2 is 1.12 bits per heavy atom. The molecule has 0 bridgehead atoms. The Morgan fingerprint density at radius 3 is 1.85 bits per heavy atom. The van der Waals surface area contributed by atoms with Crippen molar-refractivity contribution in [2.75, 3.05) is 14.7 Å². The van der Waals surface area contributed by atoms with E-state index in [0.717, 1.165) is 61.8 Å². The van der Waals surface area contributed by atoms with Crippen molar-refractivity contribution in [2.24, 2.45) is 0 Å². The number of furan rings is 1. The molecule has 68 heavy (non-hydrogen) atoms. The Balaban J connectivity index is 1.23. The van der Waals surface area contributed by atoms with Crippen molar-refractivity contribution in [1.82, 2.24) is 0 Å². The second kappa shape index (κ2) is 16.0. The van der Waals surface area contributed by atoms with Crippen LogP contribution in [0.25, 0.3) is 33.1 Å². The Kier molecular flexibility index (Phi) is 9.77. The van der Waals surface area contributed by atoms with Crippen LogP contribution in [0, 0.1) is 13.8 Å². The third-order valence-electron chi connectivity index (χ3n) is 14.3. The maximum Gasteiger partial charge on any atom is 0.252 e. The minimum absolute atomic E-state index is 0.0403. The molecule has 0 saturated heterocycles. The highest BCUT2D eigenvalue weighted by molar-refractivity contribution is 7.00. The zero-order valence-electron chi connectivity index (χ0n) is 39.9. The Bertz CT molecular complexity index is 3570. The molecule has 3 heterocycles. The maximum absolute atomic E-state index is 7.13. The molecule has 0 spiro atoms. The average Bonchev–Trinajstić information content (AvgIpc) is 3.74. The van der Waals surface area contributed by atoms with Gasteiger partial charge in [-0.05, 0) is 119 Å². The minimum Gasteiger partial charge on any atom is -0.454 e. The number of nitrogens with zero attached hydrogens (tertiary/aromatic N) is 3. The molecule has 2 aliphatic heterocycles. The first-order valence-electron chi connectivity index (χ1n) is 24.1. The molecular formula is C63H54BN3O. The second-order valence-electron chi connectivity index (χ2n) is 20.1. The van der Waals surface area contributed by atoms with Crippen LogP contribution in [0.4, 0.5) is 51.2 Å². The first-order valence-corrected chi connectivity index (χ1v) is 24.1. The van der Waals surface area contributed by atoms with Crippen molar-refractivity contribution < 1.29 is 4.42 Å². The number of hydrogen-bond acceptors (Lipinski definition) is 4. The Hall–Kier alpha value is -7.76. The Labute approximate surface area is 400 Å². The number of aryl methyl sites for hydroxylation is 2. The summed E-state index contributed by atoms with van der Waals surface area (Å²) in [6.45, 7) is 15.8. The van der Waals surface area contributed by atoms with Crippen LogP contribution in [0.5, 0.6) is 0 Å². The van der Waals surface area contributed by atoms with Gasteiger partial charge < -0.3 is 19.1 Å². The van der Waals surface area contributed by atoms with E-state index in [-0.39, 0.29) is 12.1 Å². The Morgan fingerprint density at radius 1 is 0.500 bits per heavy atom. The van der Waals surface area contributed by atoms with Crippen LogP contribution >= 0.6 is 0 Å². The summed E-state index contributed by atoms with van der Waals surface area (Å²) in [7, 11) is 0. The molecule has 1 aromatic heterocycles. The third kappa shape index (κ3) is 6.66. The van der Waals surface area contributed by atoms with Gasteiger partial charge in [-0.15, -0.1) is 0 Å². The number of rotatable bonds is 7. The van der Waals surface area contributed by atoms with Gasteiger partial charge in [-0.3, -0.25) is 0 Å². The molecule has 0 N–H and O–H groups in total. The monoisotopic (exact) mass is 879 g/mol. The number of anilines is 9. The van der Waals surface area contributed by atoms with Crippen molar-refractivity contribution in [1.29, 1.82) is 0 Å². The summed E-state index contributed by atoms with van der Waals surface area (Å²) in [5.74, 6) is 0.307. The molecule has 0 radical (unpaired) electrons. The van der Waals surface area contributed by atoms with Gasteiger partial charge in [-0.25, -0.2) is 0 Å². The molecule has 0 atom stereocenters. The van der Waals surface area contributed by atoms with Gasteiger partial charge >= 0.3 is 0 Å². The van der Waals surface area contributed by atoms with Gasteiger partial charge in [0.15, 0.2) is 5.58 Å². The first kappa shape index (κ1) is 41.7. The first-order chi connectivity index (χ1) is 33.0. The fourth-order valence-corrected chi connectivity index (χ4v) is 10.9. The normalized spacial score (nSPS) is 13.0. The number of hydrogen-bond donors (Lipinski definition) is 0. The molecule has 0 fully saturated rings. The molecule has 2 aliphatic rings. The SMILES string of the molecule is Cc1ccc(N2c3ccc(C)cc3B3c4cc(C(C)(C)C)ccc4N(c4ccccc4-c4ccccc4)c4cc(N(c5ccccc5)c5cccc6c5oc5c(C(C)C)cccc56)cc2c43)cc1. The summed E-state index contributed by atoms with van der Waals surface area (Å²) >= 11 is 0. The van der Waals surface area contributed by atoms with Gasteiger partial charge in [-0.1, -0.05) is 179 Å². The smallest absolute Gasteiger partial charge is 0.252 e. The van der Waals surface area contributed by atoms with Crippen molar-refractivity contribution in [3.63, 3.8) is 0 Å². The fourth-order valence-electron chi connectivity index (χ4n) is 10.9. The quantitative estimate of drug-likeness (QED) is 0.149. The van der Waals surface area contributed by atoms with E-state index in [1.54, 1.807) is 0 Å². The van der Waals surface area contributed by atoms with Gasteiger partial charge in [-0.2, -0.15) is 0 Å². The van der Waals surface area contributed by atoms with Crippen LogP contribution in [0.3, 0.4) is 0 Å². The summed E-state index contributed by atoms with van der Waals surface area (Å²) in [5, 5.41) is 2.24. The molecule has 0 saturated carbocycles. The molecule has 12 rings (SSSR count). The van der Waals surface area contributed by atoms with E-state index in [2.05, 4.69) is 257 Å². The largest absolute Gasteiger partial charge is 0.454 e. The van der Waals surface area contributed by atoms with Crippen LogP contribution in [0.1, 0.15) is 62.8 Å². The lowest BCUT2D eigenvalue weighted by molar-refractivity contribution is 0.591. The summed E-state index contributed by atoms with van der Waals surface area (Å²) in [6.07, 6.45) is 0. The maximum atomic E-state index is 7.13. The van der Waals surface area contributed by atoms with E-state index in [0.29, 0.717) is 5.92 Å². The molecule has 0 amide bonds. The van der Waals surface area contributed by atoms with Gasteiger partial charge in [0, 0.05) is 50.5 Å². The summed E-state index contributed by atoms with van der Waals surface area (Å²) in [6, 6.07) is 72.1. The topological polar surface area (TPSA) is 22.9 Å². The van der Waals surface area contributed by atoms with Gasteiger partial charge in [0.05, 0.1) is 17.1 Å². The molecule has 0 unspecified atom stereocenters. The van der Waals surface area contributed by atoms with Gasteiger partial charge in [0.2, 0.25) is 0 Å². The van der Waals surface area contributed by atoms with E-state index < -0.39 is 0 Å². The zero-order valence-corrected chi connectivity index (χ0v) is 39.9.